The molecular formula is C14H27N3O. The maximum atomic E-state index is 6.08. The molecule has 1 fully saturated rings. The van der Waals surface area contributed by atoms with Gasteiger partial charge in [0.15, 0.2) is 5.96 Å². The van der Waals surface area contributed by atoms with Crippen LogP contribution in [0.5, 0.6) is 0 Å². The Balaban J connectivity index is 2.18. The Morgan fingerprint density at radius 1 is 1.44 bits per heavy atom. The molecule has 1 aliphatic carbocycles. The van der Waals surface area contributed by atoms with Crippen molar-refractivity contribution < 1.29 is 4.74 Å². The third-order valence-corrected chi connectivity index (χ3v) is 4.34. The van der Waals surface area contributed by atoms with E-state index < -0.39 is 0 Å². The van der Waals surface area contributed by atoms with Gasteiger partial charge in [-0.15, -0.1) is 0 Å². The third kappa shape index (κ3) is 2.48. The Morgan fingerprint density at radius 2 is 2.17 bits per heavy atom. The van der Waals surface area contributed by atoms with Gasteiger partial charge in [0.1, 0.15) is 0 Å². The van der Waals surface area contributed by atoms with E-state index in [1.54, 1.807) is 7.11 Å². The van der Waals surface area contributed by atoms with E-state index in [0.717, 1.165) is 19.0 Å². The van der Waals surface area contributed by atoms with Crippen LogP contribution in [0, 0.1) is 11.3 Å². The molecule has 4 heteroatoms. The standard InChI is InChI=1S/C14H27N3O/c1-11-7-13(2,3)9-14(8-11)10-16-12(15)17(14)5-6-18-4/h11H,5-10H2,1-4H3,(H2,15,16). The van der Waals surface area contributed by atoms with Crippen molar-refractivity contribution in [2.75, 3.05) is 26.8 Å². The molecule has 0 aromatic heterocycles. The van der Waals surface area contributed by atoms with Crippen molar-refractivity contribution in [1.29, 1.82) is 0 Å². The number of nitrogens with zero attached hydrogens (tertiary/aromatic N) is 2. The van der Waals surface area contributed by atoms with E-state index in [0.29, 0.717) is 18.0 Å². The monoisotopic (exact) mass is 253 g/mol. The van der Waals surface area contributed by atoms with E-state index in [1.165, 1.54) is 19.3 Å². The zero-order valence-corrected chi connectivity index (χ0v) is 12.2. The van der Waals surface area contributed by atoms with E-state index in [2.05, 4.69) is 30.7 Å². The lowest BCUT2D eigenvalue weighted by Gasteiger charge is -2.50. The summed E-state index contributed by atoms with van der Waals surface area (Å²) >= 11 is 0. The number of methoxy groups -OCH3 is 1. The molecule has 1 spiro atoms. The third-order valence-electron chi connectivity index (χ3n) is 4.34. The highest BCUT2D eigenvalue weighted by atomic mass is 16.5. The second-order valence-electron chi connectivity index (χ2n) is 6.90. The molecule has 2 N–H and O–H groups in total. The first-order valence-electron chi connectivity index (χ1n) is 6.95. The van der Waals surface area contributed by atoms with Gasteiger partial charge in [0, 0.05) is 13.7 Å². The first kappa shape index (κ1) is 13.7. The van der Waals surface area contributed by atoms with Crippen molar-refractivity contribution in [2.24, 2.45) is 22.1 Å². The van der Waals surface area contributed by atoms with Gasteiger partial charge < -0.3 is 15.4 Å². The zero-order valence-electron chi connectivity index (χ0n) is 12.2. The Morgan fingerprint density at radius 3 is 2.78 bits per heavy atom. The highest BCUT2D eigenvalue weighted by molar-refractivity contribution is 5.81. The highest BCUT2D eigenvalue weighted by Gasteiger charge is 2.49. The van der Waals surface area contributed by atoms with Crippen LogP contribution >= 0.6 is 0 Å². The smallest absolute Gasteiger partial charge is 0.191 e. The number of aliphatic imine (C=N–C) groups is 1. The molecule has 0 radical (unpaired) electrons. The molecule has 0 aromatic carbocycles. The van der Waals surface area contributed by atoms with E-state index in [4.69, 9.17) is 10.5 Å². The van der Waals surface area contributed by atoms with E-state index >= 15 is 0 Å². The van der Waals surface area contributed by atoms with Gasteiger partial charge in [0.25, 0.3) is 0 Å². The molecule has 0 bridgehead atoms. The molecule has 2 unspecified atom stereocenters. The van der Waals surface area contributed by atoms with Gasteiger partial charge in [-0.05, 0) is 30.6 Å². The molecule has 4 nitrogen and oxygen atoms in total. The van der Waals surface area contributed by atoms with Crippen molar-refractivity contribution in [3.8, 4) is 0 Å². The topological polar surface area (TPSA) is 50.9 Å². The Hall–Kier alpha value is -0.770. The Kier molecular flexibility index (Phi) is 3.58. The maximum Gasteiger partial charge on any atom is 0.191 e. The van der Waals surface area contributed by atoms with E-state index in [9.17, 15) is 0 Å². The minimum atomic E-state index is 0.143. The summed E-state index contributed by atoms with van der Waals surface area (Å²) in [5.41, 5.74) is 6.60. The lowest BCUT2D eigenvalue weighted by Crippen LogP contribution is -2.57. The fourth-order valence-electron chi connectivity index (χ4n) is 4.20. The summed E-state index contributed by atoms with van der Waals surface area (Å²) in [6.07, 6.45) is 3.68. The molecule has 104 valence electrons. The Bertz CT molecular complexity index is 340. The quantitative estimate of drug-likeness (QED) is 0.835. The van der Waals surface area contributed by atoms with Crippen LogP contribution in [0.2, 0.25) is 0 Å². The fraction of sp³-hybridized carbons (Fsp3) is 0.929. The van der Waals surface area contributed by atoms with Gasteiger partial charge in [-0.25, -0.2) is 0 Å². The predicted octanol–water partition coefficient (Wildman–Crippen LogP) is 1.85. The normalized spacial score (nSPS) is 35.0. The van der Waals surface area contributed by atoms with Gasteiger partial charge in [0.2, 0.25) is 0 Å². The minimum absolute atomic E-state index is 0.143. The molecule has 0 amide bonds. The van der Waals surface area contributed by atoms with Crippen LogP contribution in [0.25, 0.3) is 0 Å². The number of ether oxygens (including phenoxy) is 1. The summed E-state index contributed by atoms with van der Waals surface area (Å²) in [5.74, 6) is 1.44. The van der Waals surface area contributed by atoms with E-state index in [1.807, 2.05) is 0 Å². The molecule has 1 heterocycles. The molecule has 2 rings (SSSR count). The van der Waals surface area contributed by atoms with Gasteiger partial charge in [-0.1, -0.05) is 20.8 Å². The van der Waals surface area contributed by atoms with Gasteiger partial charge >= 0.3 is 0 Å². The number of nitrogens with two attached hydrogens (primary N) is 1. The molecule has 2 aliphatic rings. The van der Waals surface area contributed by atoms with Gasteiger partial charge in [0.05, 0.1) is 18.7 Å². The zero-order chi connectivity index (χ0) is 13.4. The van der Waals surface area contributed by atoms with Crippen molar-refractivity contribution >= 4 is 5.96 Å². The van der Waals surface area contributed by atoms with Crippen LogP contribution in [0.3, 0.4) is 0 Å². The van der Waals surface area contributed by atoms with Crippen LogP contribution in [0.15, 0.2) is 4.99 Å². The van der Waals surface area contributed by atoms with Crippen LogP contribution in [-0.4, -0.2) is 43.2 Å². The number of rotatable bonds is 3. The maximum absolute atomic E-state index is 6.08. The first-order valence-corrected chi connectivity index (χ1v) is 6.95. The molecule has 0 aromatic rings. The summed E-state index contributed by atoms with van der Waals surface area (Å²) in [4.78, 5) is 6.81. The lowest BCUT2D eigenvalue weighted by atomic mass is 9.64. The highest BCUT2D eigenvalue weighted by Crippen LogP contribution is 2.48. The predicted molar refractivity (Wildman–Crippen MR) is 74.6 cm³/mol. The molecule has 1 saturated carbocycles. The summed E-state index contributed by atoms with van der Waals surface area (Å²) < 4.78 is 5.21. The van der Waals surface area contributed by atoms with Crippen molar-refractivity contribution in [2.45, 2.75) is 45.6 Å². The number of guanidine groups is 1. The van der Waals surface area contributed by atoms with Gasteiger partial charge in [-0.2, -0.15) is 0 Å². The average molecular weight is 253 g/mol. The SMILES string of the molecule is COCCN1C(N)=NCC12CC(C)CC(C)(C)C2. The Labute approximate surface area is 111 Å². The van der Waals surface area contributed by atoms with Crippen molar-refractivity contribution in [3.05, 3.63) is 0 Å². The van der Waals surface area contributed by atoms with Crippen LogP contribution in [0.4, 0.5) is 0 Å². The first-order chi connectivity index (χ1) is 8.38. The molecule has 1 aliphatic heterocycles. The fourth-order valence-corrected chi connectivity index (χ4v) is 4.20. The molecule has 18 heavy (non-hydrogen) atoms. The average Bonchev–Trinajstić information content (AvgIpc) is 2.50. The molecule has 2 atom stereocenters. The van der Waals surface area contributed by atoms with Crippen molar-refractivity contribution in [1.82, 2.24) is 4.90 Å². The number of hydrogen-bond donors (Lipinski definition) is 1. The van der Waals surface area contributed by atoms with Crippen molar-refractivity contribution in [3.63, 3.8) is 0 Å². The summed E-state index contributed by atoms with van der Waals surface area (Å²) in [6.45, 7) is 9.52. The van der Waals surface area contributed by atoms with Crippen LogP contribution in [0.1, 0.15) is 40.0 Å². The summed E-state index contributed by atoms with van der Waals surface area (Å²) in [5, 5.41) is 0. The van der Waals surface area contributed by atoms with Crippen LogP contribution in [-0.2, 0) is 4.74 Å². The summed E-state index contributed by atoms with van der Waals surface area (Å²) in [7, 11) is 1.74. The minimum Gasteiger partial charge on any atom is -0.383 e. The molecule has 0 saturated heterocycles. The van der Waals surface area contributed by atoms with E-state index in [-0.39, 0.29) is 5.54 Å². The molecular weight excluding hydrogens is 226 g/mol. The largest absolute Gasteiger partial charge is 0.383 e. The van der Waals surface area contributed by atoms with Gasteiger partial charge in [-0.3, -0.25) is 4.99 Å². The lowest BCUT2D eigenvalue weighted by molar-refractivity contribution is 0.0271. The second kappa shape index (κ2) is 4.72. The second-order valence-corrected chi connectivity index (χ2v) is 6.90. The number of hydrogen-bond acceptors (Lipinski definition) is 4. The van der Waals surface area contributed by atoms with Crippen LogP contribution < -0.4 is 5.73 Å². The summed E-state index contributed by atoms with van der Waals surface area (Å²) in [6, 6.07) is 0.